The van der Waals surface area contributed by atoms with Crippen LogP contribution in [-0.2, 0) is 11.8 Å². The summed E-state index contributed by atoms with van der Waals surface area (Å²) in [7, 11) is 1.79. The van der Waals surface area contributed by atoms with Crippen molar-refractivity contribution in [3.8, 4) is 0 Å². The first-order valence-corrected chi connectivity index (χ1v) is 6.80. The van der Waals surface area contributed by atoms with E-state index in [1.54, 1.807) is 36.1 Å². The van der Waals surface area contributed by atoms with Crippen molar-refractivity contribution in [2.45, 2.75) is 11.3 Å². The summed E-state index contributed by atoms with van der Waals surface area (Å²) in [4.78, 5) is 12.6. The van der Waals surface area contributed by atoms with Crippen molar-refractivity contribution < 1.29 is 9.18 Å². The van der Waals surface area contributed by atoms with Crippen molar-refractivity contribution in [2.24, 2.45) is 7.05 Å². The number of hydrogen-bond acceptors (Lipinski definition) is 3. The van der Waals surface area contributed by atoms with E-state index in [1.807, 2.05) is 0 Å². The molecule has 0 saturated heterocycles. The van der Waals surface area contributed by atoms with E-state index in [2.05, 4.69) is 10.4 Å². The molecule has 0 bridgehead atoms. The average molecular weight is 279 g/mol. The molecule has 0 aliphatic rings. The zero-order chi connectivity index (χ0) is 13.7. The highest BCUT2D eigenvalue weighted by atomic mass is 32.2. The van der Waals surface area contributed by atoms with E-state index in [4.69, 9.17) is 0 Å². The van der Waals surface area contributed by atoms with E-state index in [1.165, 1.54) is 23.9 Å². The minimum Gasteiger partial charge on any atom is -0.309 e. The zero-order valence-electron chi connectivity index (χ0n) is 10.5. The van der Waals surface area contributed by atoms with E-state index in [0.29, 0.717) is 18.0 Å². The summed E-state index contributed by atoms with van der Waals surface area (Å²) < 4.78 is 14.3. The molecule has 1 aromatic heterocycles. The fourth-order valence-electron chi connectivity index (χ4n) is 1.48. The first-order valence-electron chi connectivity index (χ1n) is 5.81. The number of anilines is 1. The molecule has 1 heterocycles. The summed E-state index contributed by atoms with van der Waals surface area (Å²) >= 11 is 1.52. The van der Waals surface area contributed by atoms with Crippen molar-refractivity contribution in [3.63, 3.8) is 0 Å². The molecule has 2 rings (SSSR count). The van der Waals surface area contributed by atoms with Crippen LogP contribution >= 0.6 is 11.8 Å². The summed E-state index contributed by atoms with van der Waals surface area (Å²) in [5.41, 5.74) is 0. The van der Waals surface area contributed by atoms with Crippen molar-refractivity contribution in [2.75, 3.05) is 11.1 Å². The molecule has 0 spiro atoms. The number of nitrogens with zero attached hydrogens (tertiary/aromatic N) is 2. The maximum absolute atomic E-state index is 12.7. The van der Waals surface area contributed by atoms with Gasteiger partial charge in [-0.2, -0.15) is 5.10 Å². The average Bonchev–Trinajstić information content (AvgIpc) is 2.77. The molecule has 1 aromatic carbocycles. The molecular weight excluding hydrogens is 265 g/mol. The molecule has 6 heteroatoms. The number of halogens is 1. The molecule has 19 heavy (non-hydrogen) atoms. The van der Waals surface area contributed by atoms with Gasteiger partial charge >= 0.3 is 0 Å². The Morgan fingerprint density at radius 1 is 1.37 bits per heavy atom. The Balaban J connectivity index is 1.73. The fraction of sp³-hybridized carbons (Fsp3) is 0.231. The summed E-state index contributed by atoms with van der Waals surface area (Å²) in [6.45, 7) is 0. The molecule has 1 N–H and O–H groups in total. The maximum Gasteiger partial charge on any atom is 0.226 e. The Hall–Kier alpha value is -1.82. The summed E-state index contributed by atoms with van der Waals surface area (Å²) in [5, 5.41) is 6.78. The Kier molecular flexibility index (Phi) is 4.57. The largest absolute Gasteiger partial charge is 0.309 e. The molecular formula is C13H14FN3OS. The van der Waals surface area contributed by atoms with E-state index >= 15 is 0 Å². The van der Waals surface area contributed by atoms with E-state index in [0.717, 1.165) is 4.90 Å². The van der Waals surface area contributed by atoms with E-state index < -0.39 is 0 Å². The predicted molar refractivity (Wildman–Crippen MR) is 73.6 cm³/mol. The first-order chi connectivity index (χ1) is 9.13. The van der Waals surface area contributed by atoms with Crippen molar-refractivity contribution in [3.05, 3.63) is 42.3 Å². The van der Waals surface area contributed by atoms with Crippen molar-refractivity contribution in [1.29, 1.82) is 0 Å². The quantitative estimate of drug-likeness (QED) is 0.856. The highest BCUT2D eigenvalue weighted by molar-refractivity contribution is 7.99. The molecule has 100 valence electrons. The predicted octanol–water partition coefficient (Wildman–Crippen LogP) is 2.68. The van der Waals surface area contributed by atoms with Crippen LogP contribution in [0.1, 0.15) is 6.42 Å². The zero-order valence-corrected chi connectivity index (χ0v) is 11.3. The lowest BCUT2D eigenvalue weighted by atomic mass is 10.4. The van der Waals surface area contributed by atoms with Crippen molar-refractivity contribution >= 4 is 23.5 Å². The Morgan fingerprint density at radius 3 is 2.74 bits per heavy atom. The van der Waals surface area contributed by atoms with Crippen molar-refractivity contribution in [1.82, 2.24) is 9.78 Å². The summed E-state index contributed by atoms with van der Waals surface area (Å²) in [6.07, 6.45) is 2.15. The van der Waals surface area contributed by atoms with Gasteiger partial charge in [-0.15, -0.1) is 11.8 Å². The molecule has 0 atom stereocenters. The third kappa shape index (κ3) is 4.40. The van der Waals surface area contributed by atoms with Gasteiger partial charge in [0.15, 0.2) is 5.82 Å². The highest BCUT2D eigenvalue weighted by Crippen LogP contribution is 2.19. The number of aryl methyl sites for hydroxylation is 1. The van der Waals surface area contributed by atoms with Crippen LogP contribution in [0, 0.1) is 5.82 Å². The van der Waals surface area contributed by atoms with Gasteiger partial charge < -0.3 is 5.32 Å². The second-order valence-electron chi connectivity index (χ2n) is 3.98. The number of benzene rings is 1. The Labute approximate surface area is 115 Å². The SMILES string of the molecule is Cn1ccc(NC(=O)CCSc2ccc(F)cc2)n1. The molecule has 0 fully saturated rings. The molecule has 0 unspecified atom stereocenters. The molecule has 0 saturated carbocycles. The Morgan fingerprint density at radius 2 is 2.11 bits per heavy atom. The minimum atomic E-state index is -0.253. The number of rotatable bonds is 5. The molecule has 1 amide bonds. The lowest BCUT2D eigenvalue weighted by Crippen LogP contribution is -2.12. The molecule has 4 nitrogen and oxygen atoms in total. The third-order valence-electron chi connectivity index (χ3n) is 2.39. The second-order valence-corrected chi connectivity index (χ2v) is 5.14. The van der Waals surface area contributed by atoms with Gasteiger partial charge in [0, 0.05) is 36.4 Å². The fourth-order valence-corrected chi connectivity index (χ4v) is 2.33. The van der Waals surface area contributed by atoms with Crippen LogP contribution in [0.3, 0.4) is 0 Å². The van der Waals surface area contributed by atoms with Crippen LogP contribution in [0.4, 0.5) is 10.2 Å². The normalized spacial score (nSPS) is 10.4. The van der Waals surface area contributed by atoms with Crippen LogP contribution in [0.5, 0.6) is 0 Å². The Bertz CT molecular complexity index is 553. The number of aromatic nitrogens is 2. The van der Waals surface area contributed by atoms with Crippen LogP contribution in [-0.4, -0.2) is 21.4 Å². The van der Waals surface area contributed by atoms with Gasteiger partial charge in [0.25, 0.3) is 0 Å². The van der Waals surface area contributed by atoms with E-state index in [9.17, 15) is 9.18 Å². The number of amides is 1. The number of carbonyl (C=O) groups is 1. The van der Waals surface area contributed by atoms with Crippen LogP contribution in [0.25, 0.3) is 0 Å². The lowest BCUT2D eigenvalue weighted by molar-refractivity contribution is -0.115. The smallest absolute Gasteiger partial charge is 0.226 e. The molecule has 0 aliphatic heterocycles. The van der Waals surface area contributed by atoms with Gasteiger partial charge in [-0.1, -0.05) is 0 Å². The number of hydrogen-bond donors (Lipinski definition) is 1. The van der Waals surface area contributed by atoms with Crippen LogP contribution < -0.4 is 5.32 Å². The van der Waals surface area contributed by atoms with E-state index in [-0.39, 0.29) is 11.7 Å². The topological polar surface area (TPSA) is 46.9 Å². The number of thioether (sulfide) groups is 1. The number of carbonyl (C=O) groups excluding carboxylic acids is 1. The van der Waals surface area contributed by atoms with Gasteiger partial charge in [-0.25, -0.2) is 4.39 Å². The van der Waals surface area contributed by atoms with Crippen LogP contribution in [0.15, 0.2) is 41.4 Å². The lowest BCUT2D eigenvalue weighted by Gasteiger charge is -2.02. The maximum atomic E-state index is 12.7. The van der Waals surface area contributed by atoms with Gasteiger partial charge in [-0.3, -0.25) is 9.48 Å². The van der Waals surface area contributed by atoms with Crippen LogP contribution in [0.2, 0.25) is 0 Å². The number of nitrogens with one attached hydrogen (secondary N) is 1. The van der Waals surface area contributed by atoms with Gasteiger partial charge in [0.2, 0.25) is 5.91 Å². The minimum absolute atomic E-state index is 0.0756. The summed E-state index contributed by atoms with van der Waals surface area (Å²) in [6, 6.07) is 7.98. The molecule has 2 aromatic rings. The monoisotopic (exact) mass is 279 g/mol. The molecule has 0 radical (unpaired) electrons. The third-order valence-corrected chi connectivity index (χ3v) is 3.41. The molecule has 0 aliphatic carbocycles. The standard InChI is InChI=1S/C13H14FN3OS/c1-17-8-6-12(16-17)15-13(18)7-9-19-11-4-2-10(14)3-5-11/h2-6,8H,7,9H2,1H3,(H,15,16,18). The highest BCUT2D eigenvalue weighted by Gasteiger charge is 2.04. The van der Waals surface area contributed by atoms with Gasteiger partial charge in [0.1, 0.15) is 5.82 Å². The first kappa shape index (κ1) is 13.6. The van der Waals surface area contributed by atoms with Gasteiger partial charge in [0.05, 0.1) is 0 Å². The summed E-state index contributed by atoms with van der Waals surface area (Å²) in [5.74, 6) is 0.870. The second kappa shape index (κ2) is 6.38. The van der Waals surface area contributed by atoms with Gasteiger partial charge in [-0.05, 0) is 24.3 Å².